The Kier molecular flexibility index (Phi) is 7.64. The van der Waals surface area contributed by atoms with Crippen LogP contribution in [0.1, 0.15) is 36.9 Å². The lowest BCUT2D eigenvalue weighted by molar-refractivity contribution is -0.00362. The molecule has 0 spiro atoms. The van der Waals surface area contributed by atoms with E-state index in [-0.39, 0.29) is 23.4 Å². The Bertz CT molecular complexity index is 1410. The molecule has 2 aromatic heterocycles. The van der Waals surface area contributed by atoms with Gasteiger partial charge in [0, 0.05) is 12.5 Å². The number of hydrogen-bond acceptors (Lipinski definition) is 10. The van der Waals surface area contributed by atoms with Crippen LogP contribution < -0.4 is 4.90 Å². The van der Waals surface area contributed by atoms with Crippen LogP contribution in [0.15, 0.2) is 30.3 Å². The first-order valence-electron chi connectivity index (χ1n) is 11.9. The molecule has 3 aromatic rings. The largest absolute Gasteiger partial charge is 0.390 e. The first-order valence-corrected chi connectivity index (χ1v) is 15.8. The number of hydrogen-bond donors (Lipinski definition) is 5. The molecule has 206 valence electrons. The van der Waals surface area contributed by atoms with Crippen molar-refractivity contribution in [3.05, 3.63) is 41.2 Å². The molecule has 1 saturated carbocycles. The number of rotatable bonds is 8. The monoisotopic (exact) mass is 588 g/mol. The number of nitrogens with zero attached hydrogens (tertiary/aromatic N) is 6. The Labute approximate surface area is 221 Å². The van der Waals surface area contributed by atoms with Gasteiger partial charge >= 0.3 is 15.2 Å². The van der Waals surface area contributed by atoms with Crippen molar-refractivity contribution >= 4 is 43.8 Å². The van der Waals surface area contributed by atoms with Gasteiger partial charge in [0.1, 0.15) is 6.10 Å². The minimum Gasteiger partial charge on any atom is -0.390 e. The van der Waals surface area contributed by atoms with E-state index < -0.39 is 51.9 Å². The number of aliphatic hydroxyl groups is 2. The lowest BCUT2D eigenvalue weighted by Gasteiger charge is -2.26. The number of anilines is 1. The zero-order valence-corrected chi connectivity index (χ0v) is 22.5. The number of fused-ring (bicyclic) bond motifs is 1. The lowest BCUT2D eigenvalue weighted by atomic mass is 10.0. The summed E-state index contributed by atoms with van der Waals surface area (Å²) in [6, 6.07) is 9.21. The van der Waals surface area contributed by atoms with E-state index in [0.717, 1.165) is 24.9 Å². The highest BCUT2D eigenvalue weighted by molar-refractivity contribution is 7.70. The van der Waals surface area contributed by atoms with Crippen molar-refractivity contribution in [3.8, 4) is 0 Å². The maximum Gasteiger partial charge on any atom is 0.340 e. The average Bonchev–Trinajstić information content (AvgIpc) is 3.55. The van der Waals surface area contributed by atoms with E-state index >= 15 is 0 Å². The smallest absolute Gasteiger partial charge is 0.340 e. The summed E-state index contributed by atoms with van der Waals surface area (Å²) in [4.78, 5) is 38.5. The Hall–Kier alpha value is -1.99. The van der Waals surface area contributed by atoms with Gasteiger partial charge in [-0.2, -0.15) is 9.97 Å². The molecule has 5 N–H and O–H groups in total. The van der Waals surface area contributed by atoms with Crippen LogP contribution in [-0.2, 0) is 13.7 Å². The maximum atomic E-state index is 12.0. The molecule has 17 heteroatoms. The molecule has 1 aliphatic heterocycles. The molecule has 1 saturated heterocycles. The second kappa shape index (κ2) is 10.5. The summed E-state index contributed by atoms with van der Waals surface area (Å²) in [5, 5.41) is 29.8. The predicted octanol–water partition coefficient (Wildman–Crippen LogP) is 1.84. The van der Waals surface area contributed by atoms with Crippen LogP contribution in [0.3, 0.4) is 0 Å². The summed E-state index contributed by atoms with van der Waals surface area (Å²) in [6.07, 6.45) is -0.818. The van der Waals surface area contributed by atoms with Crippen LogP contribution in [0.25, 0.3) is 11.2 Å². The first-order chi connectivity index (χ1) is 17.9. The molecule has 1 unspecified atom stereocenters. The fourth-order valence-corrected chi connectivity index (χ4v) is 8.02. The molecule has 0 amide bonds. The minimum absolute atomic E-state index is 0.0404. The highest BCUT2D eigenvalue weighted by atomic mass is 35.5. The van der Waals surface area contributed by atoms with Crippen molar-refractivity contribution in [3.63, 3.8) is 0 Å². The van der Waals surface area contributed by atoms with E-state index in [1.165, 1.54) is 4.68 Å². The zero-order valence-electron chi connectivity index (χ0n) is 19.9. The second-order valence-corrected chi connectivity index (χ2v) is 13.9. The molecule has 1 aliphatic carbocycles. The predicted molar refractivity (Wildman–Crippen MR) is 136 cm³/mol. The molecule has 14 nitrogen and oxygen atoms in total. The lowest BCUT2D eigenvalue weighted by Crippen LogP contribution is -2.31. The third-order valence-corrected chi connectivity index (χ3v) is 10.6. The van der Waals surface area contributed by atoms with Crippen molar-refractivity contribution in [2.24, 2.45) is 5.92 Å². The summed E-state index contributed by atoms with van der Waals surface area (Å²) in [5.41, 5.74) is 1.75. The van der Waals surface area contributed by atoms with Crippen molar-refractivity contribution in [1.29, 1.82) is 0 Å². The Balaban J connectivity index is 1.41. The van der Waals surface area contributed by atoms with E-state index in [1.807, 2.05) is 30.3 Å². The van der Waals surface area contributed by atoms with Crippen LogP contribution in [-0.4, -0.2) is 81.1 Å². The molecule has 0 bridgehead atoms. The fourth-order valence-electron chi connectivity index (χ4n) is 5.25. The topological polar surface area (TPSA) is 204 Å². The summed E-state index contributed by atoms with van der Waals surface area (Å²) in [7, 11) is -9.42. The van der Waals surface area contributed by atoms with Crippen LogP contribution >= 0.6 is 26.8 Å². The highest BCUT2D eigenvalue weighted by Gasteiger charge is 2.45. The van der Waals surface area contributed by atoms with Gasteiger partial charge < -0.3 is 34.3 Å². The van der Waals surface area contributed by atoms with E-state index in [1.54, 1.807) is 0 Å². The number of benzene rings is 1. The van der Waals surface area contributed by atoms with Crippen LogP contribution in [0, 0.1) is 5.92 Å². The average molecular weight is 589 g/mol. The molecule has 2 aliphatic rings. The SMILES string of the molecule is O=P(O)(O)CP(=O)(O)OC[C@H]1C[C@@H](n2nnc3c(N4CCC[C@H]4c4ccccc4)nc(Cl)nc32)[C@H](O)[C@@H]1O. The Morgan fingerprint density at radius 3 is 2.53 bits per heavy atom. The van der Waals surface area contributed by atoms with Gasteiger partial charge in [-0.3, -0.25) is 9.13 Å². The fraction of sp³-hybridized carbons (Fsp3) is 0.524. The number of aromatic nitrogens is 5. The van der Waals surface area contributed by atoms with Gasteiger partial charge in [-0.25, -0.2) is 4.68 Å². The minimum atomic E-state index is -4.80. The van der Waals surface area contributed by atoms with Gasteiger partial charge in [-0.1, -0.05) is 35.5 Å². The summed E-state index contributed by atoms with van der Waals surface area (Å²) in [6.45, 7) is 0.206. The third kappa shape index (κ3) is 5.65. The second-order valence-electron chi connectivity index (χ2n) is 9.57. The maximum absolute atomic E-state index is 12.0. The van der Waals surface area contributed by atoms with Gasteiger partial charge in [0.15, 0.2) is 22.9 Å². The molecule has 1 aromatic carbocycles. The van der Waals surface area contributed by atoms with Gasteiger partial charge in [-0.15, -0.1) is 5.10 Å². The molecule has 3 heterocycles. The normalized spacial score (nSPS) is 27.7. The number of aliphatic hydroxyl groups excluding tert-OH is 2. The Morgan fingerprint density at radius 2 is 1.82 bits per heavy atom. The van der Waals surface area contributed by atoms with Crippen LogP contribution in [0.4, 0.5) is 5.82 Å². The highest BCUT2D eigenvalue weighted by Crippen LogP contribution is 2.56. The zero-order chi connectivity index (χ0) is 27.2. The van der Waals surface area contributed by atoms with E-state index in [9.17, 15) is 24.2 Å². The summed E-state index contributed by atoms with van der Waals surface area (Å²) >= 11 is 6.31. The van der Waals surface area contributed by atoms with Gasteiger partial charge in [0.2, 0.25) is 5.28 Å². The quantitative estimate of drug-likeness (QED) is 0.188. The van der Waals surface area contributed by atoms with Gasteiger partial charge in [0.25, 0.3) is 0 Å². The molecule has 5 rings (SSSR count). The van der Waals surface area contributed by atoms with Gasteiger partial charge in [-0.05, 0) is 36.4 Å². The van der Waals surface area contributed by atoms with Crippen LogP contribution in [0.5, 0.6) is 0 Å². The van der Waals surface area contributed by atoms with Gasteiger partial charge in [0.05, 0.1) is 24.8 Å². The molecular weight excluding hydrogens is 562 g/mol. The Morgan fingerprint density at radius 1 is 1.08 bits per heavy atom. The van der Waals surface area contributed by atoms with Crippen molar-refractivity contribution in [1.82, 2.24) is 25.0 Å². The van der Waals surface area contributed by atoms with E-state index in [0.29, 0.717) is 11.3 Å². The summed E-state index contributed by atoms with van der Waals surface area (Å²) in [5.74, 6) is -1.67. The van der Waals surface area contributed by atoms with Crippen molar-refractivity contribution < 1.29 is 38.5 Å². The molecular formula is C21H27ClN6O8P2. The van der Waals surface area contributed by atoms with Crippen LogP contribution in [0.2, 0.25) is 5.28 Å². The van der Waals surface area contributed by atoms with E-state index in [4.69, 9.17) is 25.9 Å². The number of halogens is 1. The van der Waals surface area contributed by atoms with Crippen molar-refractivity contribution in [2.45, 2.75) is 43.6 Å². The van der Waals surface area contributed by atoms with E-state index in [2.05, 4.69) is 25.2 Å². The molecule has 6 atom stereocenters. The molecule has 38 heavy (non-hydrogen) atoms. The molecule has 0 radical (unpaired) electrons. The van der Waals surface area contributed by atoms with Crippen molar-refractivity contribution in [2.75, 3.05) is 24.0 Å². The third-order valence-electron chi connectivity index (χ3n) is 6.93. The molecule has 2 fully saturated rings. The first kappa shape index (κ1) is 27.6. The summed E-state index contributed by atoms with van der Waals surface area (Å²) < 4.78 is 29.3. The standard InChI is InChI=1S/C21H27ClN6O8P2/c22-21-23-19(27-8-4-7-14(27)12-5-2-1-3-6-12)16-20(24-21)28(26-25-16)15-9-13(17(29)18(15)30)10-36-38(34,35)11-37(31,32)33/h1-3,5-6,13-15,17-18,29-30H,4,7-11H2,(H,34,35)(H2,31,32,33)/t13-,14+,15-,17-,18+/m1/s1.